The van der Waals surface area contributed by atoms with Gasteiger partial charge >= 0.3 is 0 Å². The molecule has 0 aliphatic carbocycles. The Morgan fingerprint density at radius 3 is 2.71 bits per heavy atom. The molecule has 0 fully saturated rings. The third-order valence-corrected chi connectivity index (χ3v) is 3.13. The molecule has 0 aliphatic rings. The van der Waals surface area contributed by atoms with E-state index in [9.17, 15) is 0 Å². The molecule has 0 saturated heterocycles. The van der Waals surface area contributed by atoms with Crippen molar-refractivity contribution in [3.05, 3.63) is 30.6 Å². The molecule has 0 radical (unpaired) electrons. The molecule has 0 aromatic carbocycles. The first-order valence-corrected chi connectivity index (χ1v) is 5.83. The van der Waals surface area contributed by atoms with Gasteiger partial charge in [-0.2, -0.15) is 5.10 Å². The van der Waals surface area contributed by atoms with Gasteiger partial charge in [0.25, 0.3) is 0 Å². The van der Waals surface area contributed by atoms with Crippen LogP contribution in [0.2, 0.25) is 0 Å². The summed E-state index contributed by atoms with van der Waals surface area (Å²) in [5, 5.41) is 7.57. The number of rotatable bonds is 4. The summed E-state index contributed by atoms with van der Waals surface area (Å²) in [5.41, 5.74) is 2.04. The Balaban J connectivity index is 2.43. The molecule has 2 rings (SSSR count). The fourth-order valence-electron chi connectivity index (χ4n) is 1.74. The Labute approximate surface area is 101 Å². The van der Waals surface area contributed by atoms with Crippen LogP contribution in [0.3, 0.4) is 0 Å². The summed E-state index contributed by atoms with van der Waals surface area (Å²) in [6, 6.07) is 0. The molecule has 0 saturated carbocycles. The van der Waals surface area contributed by atoms with Crippen LogP contribution in [0, 0.1) is 0 Å². The zero-order valence-electron chi connectivity index (χ0n) is 10.8. The minimum atomic E-state index is -0.120. The van der Waals surface area contributed by atoms with Crippen molar-refractivity contribution in [2.45, 2.75) is 32.9 Å². The van der Waals surface area contributed by atoms with Gasteiger partial charge in [0, 0.05) is 12.7 Å². The van der Waals surface area contributed by atoms with Crippen LogP contribution in [0.5, 0.6) is 0 Å². The van der Waals surface area contributed by atoms with Crippen molar-refractivity contribution in [1.29, 1.82) is 0 Å². The van der Waals surface area contributed by atoms with E-state index in [1.807, 2.05) is 36.6 Å². The van der Waals surface area contributed by atoms with Crippen molar-refractivity contribution >= 4 is 0 Å². The molecule has 5 nitrogen and oxygen atoms in total. The van der Waals surface area contributed by atoms with E-state index in [4.69, 9.17) is 0 Å². The lowest BCUT2D eigenvalue weighted by molar-refractivity contribution is 0.424. The van der Waals surface area contributed by atoms with Crippen LogP contribution in [-0.2, 0) is 12.1 Å². The number of hydrogen-bond acceptors (Lipinski definition) is 3. The highest BCUT2D eigenvalue weighted by molar-refractivity contribution is 5.30. The monoisotopic (exact) mass is 233 g/mol. The van der Waals surface area contributed by atoms with E-state index in [-0.39, 0.29) is 5.54 Å². The predicted octanol–water partition coefficient (Wildman–Crippen LogP) is 1.54. The van der Waals surface area contributed by atoms with E-state index in [2.05, 4.69) is 40.7 Å². The molecule has 5 heteroatoms. The highest BCUT2D eigenvalue weighted by Crippen LogP contribution is 2.22. The average molecular weight is 233 g/mol. The third-order valence-electron chi connectivity index (χ3n) is 3.13. The lowest BCUT2D eigenvalue weighted by atomic mass is 10.0. The Hall–Kier alpha value is -1.62. The summed E-state index contributed by atoms with van der Waals surface area (Å²) < 4.78 is 3.97. The topological polar surface area (TPSA) is 47.7 Å². The molecule has 0 atom stereocenters. The quantitative estimate of drug-likeness (QED) is 0.871. The Morgan fingerprint density at radius 2 is 2.12 bits per heavy atom. The highest BCUT2D eigenvalue weighted by atomic mass is 15.3. The van der Waals surface area contributed by atoms with Crippen molar-refractivity contribution in [3.8, 4) is 5.69 Å². The van der Waals surface area contributed by atoms with Crippen LogP contribution in [0.1, 0.15) is 26.5 Å². The summed E-state index contributed by atoms with van der Waals surface area (Å²) in [7, 11) is 1.95. The van der Waals surface area contributed by atoms with Crippen molar-refractivity contribution < 1.29 is 0 Å². The Bertz CT molecular complexity index is 494. The molecule has 1 N–H and O–H groups in total. The van der Waals surface area contributed by atoms with Crippen molar-refractivity contribution in [2.24, 2.45) is 0 Å². The summed E-state index contributed by atoms with van der Waals surface area (Å²) >= 11 is 0. The number of aromatic nitrogens is 4. The molecule has 2 aromatic heterocycles. The fourth-order valence-corrected chi connectivity index (χ4v) is 1.74. The SMILES string of the molecule is CCn1cc(-n2cncc2C(C)(C)NC)cn1. The molecule has 0 bridgehead atoms. The van der Waals surface area contributed by atoms with Gasteiger partial charge in [0.1, 0.15) is 0 Å². The second-order valence-corrected chi connectivity index (χ2v) is 4.58. The fraction of sp³-hybridized carbons (Fsp3) is 0.500. The highest BCUT2D eigenvalue weighted by Gasteiger charge is 2.23. The maximum atomic E-state index is 4.29. The molecular formula is C12H19N5. The van der Waals surface area contributed by atoms with Crippen LogP contribution in [-0.4, -0.2) is 26.4 Å². The van der Waals surface area contributed by atoms with Gasteiger partial charge in [-0.1, -0.05) is 0 Å². The molecule has 17 heavy (non-hydrogen) atoms. The maximum Gasteiger partial charge on any atom is 0.0995 e. The van der Waals surface area contributed by atoms with Gasteiger partial charge in [-0.05, 0) is 27.8 Å². The number of imidazole rings is 1. The first kappa shape index (κ1) is 11.9. The molecule has 0 unspecified atom stereocenters. The van der Waals surface area contributed by atoms with Gasteiger partial charge in [-0.25, -0.2) is 4.98 Å². The minimum absolute atomic E-state index is 0.120. The molecule has 0 spiro atoms. The Morgan fingerprint density at radius 1 is 1.35 bits per heavy atom. The zero-order chi connectivity index (χ0) is 12.5. The van der Waals surface area contributed by atoms with Gasteiger partial charge in [0.2, 0.25) is 0 Å². The van der Waals surface area contributed by atoms with Crippen LogP contribution < -0.4 is 5.32 Å². The first-order chi connectivity index (χ1) is 8.08. The normalized spacial score (nSPS) is 12.0. The van der Waals surface area contributed by atoms with Gasteiger partial charge in [0.05, 0.1) is 35.6 Å². The predicted molar refractivity (Wildman–Crippen MR) is 67.1 cm³/mol. The number of nitrogens with zero attached hydrogens (tertiary/aromatic N) is 4. The summed E-state index contributed by atoms with van der Waals surface area (Å²) in [4.78, 5) is 4.23. The molecular weight excluding hydrogens is 214 g/mol. The van der Waals surface area contributed by atoms with Crippen molar-refractivity contribution in [2.75, 3.05) is 7.05 Å². The number of aryl methyl sites for hydroxylation is 1. The van der Waals surface area contributed by atoms with E-state index < -0.39 is 0 Å². The summed E-state index contributed by atoms with van der Waals surface area (Å²) in [6.45, 7) is 7.21. The van der Waals surface area contributed by atoms with Crippen LogP contribution in [0.4, 0.5) is 0 Å². The summed E-state index contributed by atoms with van der Waals surface area (Å²) in [5.74, 6) is 0. The van der Waals surface area contributed by atoms with Crippen LogP contribution in [0.25, 0.3) is 5.69 Å². The Kier molecular flexibility index (Phi) is 3.02. The third kappa shape index (κ3) is 2.10. The van der Waals surface area contributed by atoms with Crippen LogP contribution in [0.15, 0.2) is 24.9 Å². The maximum absolute atomic E-state index is 4.29. The lowest BCUT2D eigenvalue weighted by Crippen LogP contribution is -2.35. The summed E-state index contributed by atoms with van der Waals surface area (Å²) in [6.07, 6.45) is 7.60. The standard InChI is InChI=1S/C12H19N5/c1-5-16-8-10(6-15-16)17-9-14-7-11(17)12(2,3)13-4/h6-9,13H,5H2,1-4H3. The van der Waals surface area contributed by atoms with Crippen molar-refractivity contribution in [1.82, 2.24) is 24.6 Å². The van der Waals surface area contributed by atoms with Gasteiger partial charge in [-0.3, -0.25) is 9.25 Å². The zero-order valence-corrected chi connectivity index (χ0v) is 10.8. The number of nitrogens with one attached hydrogen (secondary N) is 1. The van der Waals surface area contributed by atoms with Gasteiger partial charge < -0.3 is 5.32 Å². The first-order valence-electron chi connectivity index (χ1n) is 5.83. The van der Waals surface area contributed by atoms with E-state index >= 15 is 0 Å². The molecule has 2 aromatic rings. The molecule has 0 aliphatic heterocycles. The van der Waals surface area contributed by atoms with E-state index in [0.717, 1.165) is 17.9 Å². The van der Waals surface area contributed by atoms with Gasteiger partial charge in [0.15, 0.2) is 0 Å². The smallest absolute Gasteiger partial charge is 0.0995 e. The average Bonchev–Trinajstić information content (AvgIpc) is 2.97. The lowest BCUT2D eigenvalue weighted by Gasteiger charge is -2.24. The molecule has 0 amide bonds. The van der Waals surface area contributed by atoms with E-state index in [0.29, 0.717) is 0 Å². The van der Waals surface area contributed by atoms with Crippen molar-refractivity contribution in [3.63, 3.8) is 0 Å². The van der Waals surface area contributed by atoms with E-state index in [1.165, 1.54) is 0 Å². The molecule has 2 heterocycles. The number of hydrogen-bond donors (Lipinski definition) is 1. The molecule has 92 valence electrons. The second-order valence-electron chi connectivity index (χ2n) is 4.58. The minimum Gasteiger partial charge on any atom is -0.310 e. The van der Waals surface area contributed by atoms with E-state index in [1.54, 1.807) is 0 Å². The largest absolute Gasteiger partial charge is 0.310 e. The van der Waals surface area contributed by atoms with Crippen LogP contribution >= 0.6 is 0 Å². The van der Waals surface area contributed by atoms with Gasteiger partial charge in [-0.15, -0.1) is 0 Å². The second kappa shape index (κ2) is 4.33.